The maximum atomic E-state index is 12.2. The monoisotopic (exact) mass is 315 g/mol. The minimum Gasteiger partial charge on any atom is -0.473 e. The van der Waals surface area contributed by atoms with E-state index in [0.29, 0.717) is 0 Å². The number of nitrogens with zero attached hydrogens (tertiary/aromatic N) is 2. The molecule has 2 atom stereocenters. The molecule has 0 saturated carbocycles. The van der Waals surface area contributed by atoms with Crippen LogP contribution in [0.25, 0.3) is 0 Å². The number of benzene rings is 1. The first kappa shape index (κ1) is 16.4. The molecule has 0 bridgehead atoms. The van der Waals surface area contributed by atoms with Gasteiger partial charge in [-0.25, -0.2) is 0 Å². The standard InChI is InChI=1S/C16H17N3O4/c1-11(13-7-4-3-5-8-13)18-16(20)12(2)23-14-9-6-10-17-15(14)19(21)22/h3-12H,1-2H3,(H,18,20). The molecule has 7 heteroatoms. The first-order chi connectivity index (χ1) is 11.0. The molecule has 1 aromatic carbocycles. The maximum Gasteiger partial charge on any atom is 0.406 e. The summed E-state index contributed by atoms with van der Waals surface area (Å²) >= 11 is 0. The van der Waals surface area contributed by atoms with E-state index in [1.54, 1.807) is 0 Å². The second-order valence-electron chi connectivity index (χ2n) is 4.98. The predicted octanol–water partition coefficient (Wildman–Crippen LogP) is 2.63. The van der Waals surface area contributed by atoms with E-state index in [9.17, 15) is 14.9 Å². The Labute approximate surface area is 133 Å². The SMILES string of the molecule is CC(Oc1cccnc1[N+](=O)[O-])C(=O)NC(C)c1ccccc1. The number of nitro groups is 1. The van der Waals surface area contributed by atoms with Crippen LogP contribution in [0.3, 0.4) is 0 Å². The highest BCUT2D eigenvalue weighted by atomic mass is 16.6. The zero-order chi connectivity index (χ0) is 16.8. The lowest BCUT2D eigenvalue weighted by atomic mass is 10.1. The quantitative estimate of drug-likeness (QED) is 0.653. The molecule has 1 N–H and O–H groups in total. The van der Waals surface area contributed by atoms with Crippen molar-refractivity contribution in [3.63, 3.8) is 0 Å². The molecule has 0 fully saturated rings. The van der Waals surface area contributed by atoms with Gasteiger partial charge in [0.25, 0.3) is 5.91 Å². The molecule has 2 unspecified atom stereocenters. The molecule has 23 heavy (non-hydrogen) atoms. The van der Waals surface area contributed by atoms with Gasteiger partial charge in [-0.2, -0.15) is 0 Å². The van der Waals surface area contributed by atoms with E-state index in [2.05, 4.69) is 10.3 Å². The normalized spacial score (nSPS) is 13.0. The third-order valence-electron chi connectivity index (χ3n) is 3.26. The predicted molar refractivity (Wildman–Crippen MR) is 84.0 cm³/mol. The smallest absolute Gasteiger partial charge is 0.406 e. The maximum absolute atomic E-state index is 12.2. The Hall–Kier alpha value is -2.96. The molecule has 1 amide bonds. The van der Waals surface area contributed by atoms with Crippen LogP contribution in [-0.4, -0.2) is 21.9 Å². The van der Waals surface area contributed by atoms with Gasteiger partial charge in [0.05, 0.1) is 6.04 Å². The number of nitrogens with one attached hydrogen (secondary N) is 1. The summed E-state index contributed by atoms with van der Waals surface area (Å²) in [4.78, 5) is 26.1. The van der Waals surface area contributed by atoms with Crippen molar-refractivity contribution >= 4 is 11.7 Å². The van der Waals surface area contributed by atoms with Crippen molar-refractivity contribution in [3.05, 3.63) is 64.3 Å². The van der Waals surface area contributed by atoms with Gasteiger partial charge in [0.15, 0.2) is 6.10 Å². The van der Waals surface area contributed by atoms with Gasteiger partial charge in [-0.05, 0) is 41.5 Å². The number of hydrogen-bond donors (Lipinski definition) is 1. The summed E-state index contributed by atoms with van der Waals surface area (Å²) < 4.78 is 5.39. The molecule has 0 aliphatic heterocycles. The molecule has 1 aromatic heterocycles. The van der Waals surface area contributed by atoms with Gasteiger partial charge >= 0.3 is 5.82 Å². The molecule has 2 aromatic rings. The van der Waals surface area contributed by atoms with Crippen LogP contribution in [0.2, 0.25) is 0 Å². The first-order valence-electron chi connectivity index (χ1n) is 7.10. The fourth-order valence-corrected chi connectivity index (χ4v) is 2.01. The van der Waals surface area contributed by atoms with Crippen molar-refractivity contribution in [3.8, 4) is 5.75 Å². The van der Waals surface area contributed by atoms with Gasteiger partial charge in [0.1, 0.15) is 6.20 Å². The number of rotatable bonds is 6. The molecule has 0 saturated heterocycles. The van der Waals surface area contributed by atoms with Crippen molar-refractivity contribution in [1.29, 1.82) is 0 Å². The van der Waals surface area contributed by atoms with E-state index < -0.39 is 16.8 Å². The lowest BCUT2D eigenvalue weighted by Crippen LogP contribution is -2.37. The zero-order valence-corrected chi connectivity index (χ0v) is 12.8. The third kappa shape index (κ3) is 4.26. The minimum absolute atomic E-state index is 0.0347. The number of ether oxygens (including phenoxy) is 1. The Bertz CT molecular complexity index is 691. The lowest BCUT2D eigenvalue weighted by molar-refractivity contribution is -0.390. The van der Waals surface area contributed by atoms with E-state index >= 15 is 0 Å². The van der Waals surface area contributed by atoms with Gasteiger partial charge in [-0.3, -0.25) is 4.79 Å². The fraction of sp³-hybridized carbons (Fsp3) is 0.250. The summed E-state index contributed by atoms with van der Waals surface area (Å²) in [5.74, 6) is -0.810. The van der Waals surface area contributed by atoms with Crippen LogP contribution in [0.5, 0.6) is 5.75 Å². The number of pyridine rings is 1. The van der Waals surface area contributed by atoms with Crippen molar-refractivity contribution in [2.75, 3.05) is 0 Å². The average Bonchev–Trinajstić information content (AvgIpc) is 2.55. The Morgan fingerprint density at radius 1 is 1.22 bits per heavy atom. The van der Waals surface area contributed by atoms with Crippen LogP contribution < -0.4 is 10.1 Å². The van der Waals surface area contributed by atoms with Crippen LogP contribution in [0.1, 0.15) is 25.5 Å². The lowest BCUT2D eigenvalue weighted by Gasteiger charge is -2.18. The molecule has 1 heterocycles. The van der Waals surface area contributed by atoms with Crippen LogP contribution >= 0.6 is 0 Å². The van der Waals surface area contributed by atoms with E-state index in [1.165, 1.54) is 25.3 Å². The summed E-state index contributed by atoms with van der Waals surface area (Å²) in [6, 6.07) is 12.2. The van der Waals surface area contributed by atoms with Crippen LogP contribution in [-0.2, 0) is 4.79 Å². The second kappa shape index (κ2) is 7.35. The van der Waals surface area contributed by atoms with Crippen molar-refractivity contribution in [1.82, 2.24) is 10.3 Å². The first-order valence-corrected chi connectivity index (χ1v) is 7.10. The number of hydrogen-bond acceptors (Lipinski definition) is 5. The van der Waals surface area contributed by atoms with Crippen LogP contribution in [0, 0.1) is 10.1 Å². The molecule has 0 spiro atoms. The molecular weight excluding hydrogens is 298 g/mol. The van der Waals surface area contributed by atoms with E-state index in [4.69, 9.17) is 4.74 Å². The summed E-state index contributed by atoms with van der Waals surface area (Å²) in [5, 5.41) is 13.7. The molecule has 0 radical (unpaired) electrons. The summed E-state index contributed by atoms with van der Waals surface area (Å²) in [6.07, 6.45) is 0.414. The fourth-order valence-electron chi connectivity index (χ4n) is 2.01. The largest absolute Gasteiger partial charge is 0.473 e. The van der Waals surface area contributed by atoms with Crippen LogP contribution in [0.4, 0.5) is 5.82 Å². The Kier molecular flexibility index (Phi) is 5.24. The second-order valence-corrected chi connectivity index (χ2v) is 4.98. The molecule has 0 aliphatic carbocycles. The number of carbonyl (C=O) groups excluding carboxylic acids is 1. The van der Waals surface area contributed by atoms with E-state index in [0.717, 1.165) is 5.56 Å². The average molecular weight is 315 g/mol. The van der Waals surface area contributed by atoms with Crippen LogP contribution in [0.15, 0.2) is 48.7 Å². The summed E-state index contributed by atoms with van der Waals surface area (Å²) in [6.45, 7) is 3.39. The zero-order valence-electron chi connectivity index (χ0n) is 12.8. The van der Waals surface area contributed by atoms with E-state index in [1.807, 2.05) is 37.3 Å². The minimum atomic E-state index is -0.885. The highest BCUT2D eigenvalue weighted by Crippen LogP contribution is 2.24. The highest BCUT2D eigenvalue weighted by molar-refractivity contribution is 5.81. The van der Waals surface area contributed by atoms with Gasteiger partial charge in [0.2, 0.25) is 5.75 Å². The van der Waals surface area contributed by atoms with Crippen molar-refractivity contribution in [2.24, 2.45) is 0 Å². The van der Waals surface area contributed by atoms with Crippen molar-refractivity contribution in [2.45, 2.75) is 26.0 Å². The Morgan fingerprint density at radius 2 is 1.91 bits per heavy atom. The molecule has 2 rings (SSSR count). The molecular formula is C16H17N3O4. The molecule has 0 aliphatic rings. The van der Waals surface area contributed by atoms with E-state index in [-0.39, 0.29) is 17.7 Å². The topological polar surface area (TPSA) is 94.4 Å². The number of amides is 1. The van der Waals surface area contributed by atoms with Gasteiger partial charge in [-0.15, -0.1) is 0 Å². The Morgan fingerprint density at radius 3 is 2.57 bits per heavy atom. The van der Waals surface area contributed by atoms with Gasteiger partial charge < -0.3 is 20.2 Å². The van der Waals surface area contributed by atoms with Crippen molar-refractivity contribution < 1.29 is 14.5 Å². The Balaban J connectivity index is 2.02. The third-order valence-corrected chi connectivity index (χ3v) is 3.26. The number of carbonyl (C=O) groups is 1. The highest BCUT2D eigenvalue weighted by Gasteiger charge is 2.22. The molecule has 7 nitrogen and oxygen atoms in total. The van der Waals surface area contributed by atoms with Gasteiger partial charge in [-0.1, -0.05) is 30.3 Å². The summed E-state index contributed by atoms with van der Waals surface area (Å²) in [7, 11) is 0. The molecule has 120 valence electrons. The summed E-state index contributed by atoms with van der Waals surface area (Å²) in [5.41, 5.74) is 0.959. The number of aromatic nitrogens is 1. The van der Waals surface area contributed by atoms with Gasteiger partial charge in [0, 0.05) is 0 Å².